The first-order valence-electron chi connectivity index (χ1n) is 6.71. The molecule has 1 N–H and O–H groups in total. The summed E-state index contributed by atoms with van der Waals surface area (Å²) in [5, 5.41) is 9.06. The minimum atomic E-state index is 0.159. The lowest BCUT2D eigenvalue weighted by Crippen LogP contribution is -2.14. The van der Waals surface area contributed by atoms with E-state index in [1.165, 1.54) is 15.4 Å². The van der Waals surface area contributed by atoms with Gasteiger partial charge in [-0.3, -0.25) is 0 Å². The first-order chi connectivity index (χ1) is 9.00. The van der Waals surface area contributed by atoms with Crippen molar-refractivity contribution in [3.63, 3.8) is 0 Å². The summed E-state index contributed by atoms with van der Waals surface area (Å²) in [5.41, 5.74) is 2.78. The summed E-state index contributed by atoms with van der Waals surface area (Å²) in [7, 11) is 0. The molecule has 0 spiro atoms. The van der Waals surface area contributed by atoms with E-state index in [1.54, 1.807) is 11.3 Å². The fraction of sp³-hybridized carbons (Fsp3) is 0.533. The van der Waals surface area contributed by atoms with E-state index in [1.807, 2.05) is 11.3 Å². The van der Waals surface area contributed by atoms with Gasteiger partial charge in [-0.2, -0.15) is 0 Å². The molecule has 2 heterocycles. The largest absolute Gasteiger partial charge is 0.306 e. The number of thiophene rings is 1. The summed E-state index contributed by atoms with van der Waals surface area (Å²) in [5.74, 6) is 0. The van der Waals surface area contributed by atoms with Gasteiger partial charge in [0, 0.05) is 28.8 Å². The second kappa shape index (κ2) is 6.16. The maximum Gasteiger partial charge on any atom is 0.0982 e. The van der Waals surface area contributed by atoms with Crippen LogP contribution >= 0.6 is 22.7 Å². The number of nitrogens with zero attached hydrogens (tertiary/aromatic N) is 1. The molecule has 0 amide bonds. The van der Waals surface area contributed by atoms with Gasteiger partial charge in [0.2, 0.25) is 0 Å². The summed E-state index contributed by atoms with van der Waals surface area (Å²) < 4.78 is 0. The summed E-state index contributed by atoms with van der Waals surface area (Å²) in [6, 6.07) is 2.22. The van der Waals surface area contributed by atoms with Gasteiger partial charge >= 0.3 is 0 Å². The molecule has 19 heavy (non-hydrogen) atoms. The molecule has 0 unspecified atom stereocenters. The van der Waals surface area contributed by atoms with E-state index in [0.717, 1.165) is 25.2 Å². The minimum absolute atomic E-state index is 0.159. The second-order valence-corrected chi connectivity index (χ2v) is 7.58. The van der Waals surface area contributed by atoms with Crippen LogP contribution in [0.4, 0.5) is 0 Å². The topological polar surface area (TPSA) is 24.9 Å². The van der Waals surface area contributed by atoms with Crippen molar-refractivity contribution in [2.45, 2.75) is 52.6 Å². The number of aryl methyl sites for hydroxylation is 1. The average Bonchev–Trinajstić information content (AvgIpc) is 2.96. The lowest BCUT2D eigenvalue weighted by Gasteiger charge is -2.13. The molecule has 2 aromatic rings. The summed E-state index contributed by atoms with van der Waals surface area (Å²) >= 11 is 3.60. The van der Waals surface area contributed by atoms with Crippen LogP contribution in [0.3, 0.4) is 0 Å². The lowest BCUT2D eigenvalue weighted by molar-refractivity contribution is 0.579. The highest BCUT2D eigenvalue weighted by molar-refractivity contribution is 7.10. The Kier molecular flexibility index (Phi) is 4.76. The number of rotatable bonds is 5. The zero-order valence-electron chi connectivity index (χ0n) is 12.1. The molecule has 4 heteroatoms. The van der Waals surface area contributed by atoms with Gasteiger partial charge in [-0.1, -0.05) is 27.7 Å². The van der Waals surface area contributed by atoms with Gasteiger partial charge in [-0.15, -0.1) is 22.7 Å². The molecule has 0 saturated carbocycles. The maximum absolute atomic E-state index is 4.70. The van der Waals surface area contributed by atoms with Crippen molar-refractivity contribution in [2.24, 2.45) is 0 Å². The third kappa shape index (κ3) is 3.88. The monoisotopic (exact) mass is 294 g/mol. The normalized spacial score (nSPS) is 12.0. The molecule has 0 aliphatic rings. The lowest BCUT2D eigenvalue weighted by atomic mass is 9.98. The molecule has 0 atom stereocenters. The number of aromatic nitrogens is 1. The van der Waals surface area contributed by atoms with Crippen LogP contribution < -0.4 is 5.32 Å². The summed E-state index contributed by atoms with van der Waals surface area (Å²) in [6.45, 7) is 10.6. The highest BCUT2D eigenvalue weighted by Crippen LogP contribution is 2.25. The Hall–Kier alpha value is -0.710. The van der Waals surface area contributed by atoms with Gasteiger partial charge in [0.25, 0.3) is 0 Å². The Morgan fingerprint density at radius 1 is 1.21 bits per heavy atom. The molecule has 0 fully saturated rings. The van der Waals surface area contributed by atoms with Crippen molar-refractivity contribution in [3.8, 4) is 0 Å². The van der Waals surface area contributed by atoms with E-state index in [-0.39, 0.29) is 5.41 Å². The molecule has 0 aliphatic heterocycles. The second-order valence-electron chi connectivity index (χ2n) is 5.72. The fourth-order valence-corrected chi connectivity index (χ4v) is 3.73. The minimum Gasteiger partial charge on any atom is -0.306 e. The molecule has 2 aromatic heterocycles. The average molecular weight is 294 g/mol. The standard InChI is InChI=1S/C15H22N2S2/c1-5-11-6-7-18-13(11)9-16-8-12-10-19-14(17-12)15(2,3)4/h6-7,10,16H,5,8-9H2,1-4H3. The van der Waals surface area contributed by atoms with Crippen molar-refractivity contribution in [1.82, 2.24) is 10.3 Å². The molecule has 0 aromatic carbocycles. The molecule has 0 bridgehead atoms. The van der Waals surface area contributed by atoms with Crippen molar-refractivity contribution < 1.29 is 0 Å². The number of hydrogen-bond acceptors (Lipinski definition) is 4. The van der Waals surface area contributed by atoms with E-state index in [0.29, 0.717) is 0 Å². The third-order valence-corrected chi connectivity index (χ3v) is 5.28. The van der Waals surface area contributed by atoms with Crippen LogP contribution in [0.2, 0.25) is 0 Å². The molecule has 2 rings (SSSR count). The fourth-order valence-electron chi connectivity index (χ4n) is 1.87. The van der Waals surface area contributed by atoms with Gasteiger partial charge in [0.1, 0.15) is 0 Å². The van der Waals surface area contributed by atoms with Crippen LogP contribution in [0.15, 0.2) is 16.8 Å². The molecule has 0 saturated heterocycles. The van der Waals surface area contributed by atoms with Crippen LogP contribution in [0.25, 0.3) is 0 Å². The number of hydrogen-bond donors (Lipinski definition) is 1. The Balaban J connectivity index is 1.88. The van der Waals surface area contributed by atoms with E-state index in [4.69, 9.17) is 4.98 Å². The van der Waals surface area contributed by atoms with Crippen LogP contribution in [-0.4, -0.2) is 4.98 Å². The highest BCUT2D eigenvalue weighted by Gasteiger charge is 2.17. The Morgan fingerprint density at radius 3 is 2.63 bits per heavy atom. The van der Waals surface area contributed by atoms with Gasteiger partial charge in [0.15, 0.2) is 0 Å². The van der Waals surface area contributed by atoms with E-state index < -0.39 is 0 Å². The van der Waals surface area contributed by atoms with Crippen molar-refractivity contribution in [2.75, 3.05) is 0 Å². The summed E-state index contributed by atoms with van der Waals surface area (Å²) in [6.07, 6.45) is 1.12. The first kappa shape index (κ1) is 14.7. The smallest absolute Gasteiger partial charge is 0.0982 e. The van der Waals surface area contributed by atoms with E-state index in [9.17, 15) is 0 Å². The van der Waals surface area contributed by atoms with Gasteiger partial charge in [-0.25, -0.2) is 4.98 Å². The molecule has 2 nitrogen and oxygen atoms in total. The van der Waals surface area contributed by atoms with Gasteiger partial charge < -0.3 is 5.32 Å². The molecule has 104 valence electrons. The van der Waals surface area contributed by atoms with Gasteiger partial charge in [0.05, 0.1) is 10.7 Å². The first-order valence-corrected chi connectivity index (χ1v) is 8.47. The predicted molar refractivity (Wildman–Crippen MR) is 85.1 cm³/mol. The van der Waals surface area contributed by atoms with Crippen molar-refractivity contribution >= 4 is 22.7 Å². The highest BCUT2D eigenvalue weighted by atomic mass is 32.1. The SMILES string of the molecule is CCc1ccsc1CNCc1csc(C(C)(C)C)n1. The van der Waals surface area contributed by atoms with E-state index in [2.05, 4.69) is 49.8 Å². The third-order valence-electron chi connectivity index (χ3n) is 3.00. The Labute approximate surface area is 123 Å². The quantitative estimate of drug-likeness (QED) is 0.886. The molecular weight excluding hydrogens is 272 g/mol. The van der Waals surface area contributed by atoms with Crippen molar-refractivity contribution in [1.29, 1.82) is 0 Å². The van der Waals surface area contributed by atoms with E-state index >= 15 is 0 Å². The maximum atomic E-state index is 4.70. The zero-order valence-corrected chi connectivity index (χ0v) is 13.8. The predicted octanol–water partition coefficient (Wildman–Crippen LogP) is 4.35. The van der Waals surface area contributed by atoms with Crippen LogP contribution in [-0.2, 0) is 24.9 Å². The van der Waals surface area contributed by atoms with Gasteiger partial charge in [-0.05, 0) is 23.4 Å². The molecule has 0 aliphatic carbocycles. The van der Waals surface area contributed by atoms with Crippen molar-refractivity contribution in [3.05, 3.63) is 38.0 Å². The van der Waals surface area contributed by atoms with Crippen LogP contribution in [0.1, 0.15) is 48.8 Å². The Bertz CT molecular complexity index is 520. The molecule has 0 radical (unpaired) electrons. The number of nitrogens with one attached hydrogen (secondary N) is 1. The number of thiazole rings is 1. The summed E-state index contributed by atoms with van der Waals surface area (Å²) in [4.78, 5) is 6.15. The molecular formula is C15H22N2S2. The van der Waals surface area contributed by atoms with Crippen LogP contribution in [0, 0.1) is 0 Å². The zero-order chi connectivity index (χ0) is 13.9. The van der Waals surface area contributed by atoms with Crippen LogP contribution in [0.5, 0.6) is 0 Å². The Morgan fingerprint density at radius 2 is 2.00 bits per heavy atom.